The highest BCUT2D eigenvalue weighted by atomic mass is 79.9. The first kappa shape index (κ1) is 4.50. The van der Waals surface area contributed by atoms with Gasteiger partial charge in [0.05, 0.1) is 2.74 Å². The molecule has 0 bridgehead atoms. The fourth-order valence-corrected chi connectivity index (χ4v) is 1.02. The maximum absolute atomic E-state index is 12.6. The Morgan fingerprint density at radius 1 is 2.00 bits per heavy atom. The van der Waals surface area contributed by atoms with Crippen LogP contribution in [-0.4, -0.2) is 18.2 Å². The third-order valence-electron chi connectivity index (χ3n) is 0.967. The minimum absolute atomic E-state index is 0.262. The third kappa shape index (κ3) is 1.82. The van der Waals surface area contributed by atoms with Crippen molar-refractivity contribution in [2.24, 2.45) is 0 Å². The van der Waals surface area contributed by atoms with Crippen LogP contribution in [0.4, 0.5) is 4.39 Å². The molecule has 0 N–H and O–H groups in total. The van der Waals surface area contributed by atoms with Crippen molar-refractivity contribution >= 4 is 15.9 Å². The van der Waals surface area contributed by atoms with Crippen LogP contribution in [0.5, 0.6) is 0 Å². The fourth-order valence-electron chi connectivity index (χ4n) is 0.582. The number of rotatable bonds is 1. The van der Waals surface area contributed by atoms with E-state index in [2.05, 4.69) is 15.9 Å². The van der Waals surface area contributed by atoms with Gasteiger partial charge in [-0.25, -0.2) is 4.39 Å². The Labute approximate surface area is 64.8 Å². The topological polar surface area (TPSA) is 3.24 Å². The van der Waals surface area contributed by atoms with Gasteiger partial charge >= 0.3 is 0 Å². The molecule has 0 spiro atoms. The molecule has 0 unspecified atom stereocenters. The summed E-state index contributed by atoms with van der Waals surface area (Å²) in [6.07, 6.45) is 4.82. The second-order valence-electron chi connectivity index (χ2n) is 1.65. The third-order valence-corrected chi connectivity index (χ3v) is 1.44. The van der Waals surface area contributed by atoms with Crippen molar-refractivity contribution in [3.63, 3.8) is 0 Å². The average molecular weight is 194 g/mol. The molecule has 0 fully saturated rings. The van der Waals surface area contributed by atoms with Crippen LogP contribution >= 0.6 is 15.9 Å². The predicted octanol–water partition coefficient (Wildman–Crippen LogP) is 2.02. The molecule has 1 aliphatic rings. The Hall–Kier alpha value is -0.310. The molecule has 0 aromatic heterocycles. The molecule has 0 amide bonds. The maximum atomic E-state index is 12.6. The van der Waals surface area contributed by atoms with E-state index in [1.807, 2.05) is 0 Å². The number of alkyl halides is 1. The molecule has 50 valence electrons. The molecule has 0 aromatic carbocycles. The van der Waals surface area contributed by atoms with E-state index in [-0.39, 0.29) is 6.54 Å². The number of allylic oxidation sites excluding steroid dienone is 2. The predicted molar refractivity (Wildman–Crippen MR) is 38.8 cm³/mol. The van der Waals surface area contributed by atoms with E-state index in [4.69, 9.17) is 2.74 Å². The Morgan fingerprint density at radius 2 is 2.78 bits per heavy atom. The summed E-state index contributed by atoms with van der Waals surface area (Å²) in [7, 11) is 0. The molecule has 1 nitrogen and oxygen atoms in total. The Morgan fingerprint density at radius 3 is 3.22 bits per heavy atom. The first-order valence-electron chi connectivity index (χ1n) is 3.49. The molecule has 0 saturated heterocycles. The van der Waals surface area contributed by atoms with Gasteiger partial charge in [-0.1, -0.05) is 6.08 Å². The zero-order valence-corrected chi connectivity index (χ0v) is 6.23. The number of halogens is 2. The van der Waals surface area contributed by atoms with E-state index in [0.717, 1.165) is 4.90 Å². The monoisotopic (exact) mass is 193 g/mol. The molecule has 1 aliphatic heterocycles. The van der Waals surface area contributed by atoms with Gasteiger partial charge in [0.2, 0.25) is 0 Å². The van der Waals surface area contributed by atoms with Gasteiger partial charge in [-0.15, -0.1) is 0 Å². The quantitative estimate of drug-likeness (QED) is 0.577. The van der Waals surface area contributed by atoms with Gasteiger partial charge in [-0.05, 0) is 22.0 Å². The summed E-state index contributed by atoms with van der Waals surface area (Å²) in [6.45, 7) is -2.51. The number of nitrogens with zero attached hydrogens (tertiary/aromatic N) is 1. The molecule has 3 heteroatoms. The van der Waals surface area contributed by atoms with Crippen LogP contribution in [0, 0.1) is 0 Å². The summed E-state index contributed by atoms with van der Waals surface area (Å²) in [5.41, 5.74) is 0. The minimum atomic E-state index is -2.77. The lowest BCUT2D eigenvalue weighted by molar-refractivity contribution is 0.270. The fraction of sp³-hybridized carbons (Fsp3) is 0.333. The van der Waals surface area contributed by atoms with Crippen LogP contribution in [0.1, 0.15) is 2.74 Å². The lowest BCUT2D eigenvalue weighted by Crippen LogP contribution is -2.17. The van der Waals surface area contributed by atoms with Crippen LogP contribution in [0.3, 0.4) is 0 Å². The van der Waals surface area contributed by atoms with Crippen LogP contribution in [0.15, 0.2) is 22.8 Å². The van der Waals surface area contributed by atoms with Crippen molar-refractivity contribution < 1.29 is 7.13 Å². The van der Waals surface area contributed by atoms with Gasteiger partial charge in [-0.2, -0.15) is 0 Å². The smallest absolute Gasteiger partial charge is 0.161 e. The molecule has 9 heavy (non-hydrogen) atoms. The molecule has 0 aliphatic carbocycles. The maximum Gasteiger partial charge on any atom is 0.161 e. The Kier molecular flexibility index (Phi) is 1.50. The highest BCUT2D eigenvalue weighted by Crippen LogP contribution is 2.12. The largest absolute Gasteiger partial charge is 0.346 e. The van der Waals surface area contributed by atoms with Crippen LogP contribution in [0.25, 0.3) is 0 Å². The van der Waals surface area contributed by atoms with Crippen molar-refractivity contribution in [1.29, 1.82) is 0 Å². The molecular formula is C6H7BrFN. The minimum Gasteiger partial charge on any atom is -0.346 e. The number of hydrogen-bond acceptors (Lipinski definition) is 1. The Bertz CT molecular complexity index is 209. The average Bonchev–Trinajstić information content (AvgIpc) is 1.86. The van der Waals surface area contributed by atoms with Crippen LogP contribution in [0.2, 0.25) is 0 Å². The molecular weight excluding hydrogens is 185 g/mol. The zero-order chi connectivity index (χ0) is 8.48. The SMILES string of the molecule is [2H]C([2H])(F)N1C=C(Br)C=CC1. The van der Waals surface area contributed by atoms with Gasteiger partial charge < -0.3 is 4.90 Å². The summed E-state index contributed by atoms with van der Waals surface area (Å²) < 4.78 is 26.8. The Balaban J connectivity index is 2.71. The summed E-state index contributed by atoms with van der Waals surface area (Å²) in [4.78, 5) is 0.969. The second-order valence-corrected chi connectivity index (χ2v) is 2.57. The van der Waals surface area contributed by atoms with E-state index in [1.54, 1.807) is 12.2 Å². The van der Waals surface area contributed by atoms with Crippen molar-refractivity contribution in [2.45, 2.75) is 0 Å². The van der Waals surface area contributed by atoms with E-state index in [9.17, 15) is 4.39 Å². The van der Waals surface area contributed by atoms with Crippen LogP contribution in [-0.2, 0) is 0 Å². The number of hydrogen-bond donors (Lipinski definition) is 0. The first-order valence-corrected chi connectivity index (χ1v) is 3.29. The molecule has 0 radical (unpaired) electrons. The summed E-state index contributed by atoms with van der Waals surface area (Å²) in [5, 5.41) is 0. The second kappa shape index (κ2) is 3.01. The van der Waals surface area contributed by atoms with Crippen molar-refractivity contribution in [2.75, 3.05) is 13.3 Å². The van der Waals surface area contributed by atoms with Crippen molar-refractivity contribution in [3.05, 3.63) is 22.8 Å². The lowest BCUT2D eigenvalue weighted by atomic mass is 10.4. The van der Waals surface area contributed by atoms with Gasteiger partial charge in [-0.3, -0.25) is 0 Å². The van der Waals surface area contributed by atoms with E-state index < -0.39 is 6.75 Å². The van der Waals surface area contributed by atoms with Gasteiger partial charge in [0, 0.05) is 17.2 Å². The first-order chi connectivity index (χ1) is 5.00. The molecule has 1 rings (SSSR count). The van der Waals surface area contributed by atoms with E-state index in [1.165, 1.54) is 6.20 Å². The zero-order valence-electron chi connectivity index (χ0n) is 6.64. The highest BCUT2D eigenvalue weighted by molar-refractivity contribution is 9.11. The van der Waals surface area contributed by atoms with Gasteiger partial charge in [0.1, 0.15) is 0 Å². The standard InChI is InChI=1S/C6H7BrFN/c7-6-2-1-3-9(4-6)5-8/h1-2,4H,3,5H2/i5D2. The lowest BCUT2D eigenvalue weighted by Gasteiger charge is -2.16. The van der Waals surface area contributed by atoms with Gasteiger partial charge in [0.15, 0.2) is 6.75 Å². The van der Waals surface area contributed by atoms with E-state index >= 15 is 0 Å². The highest BCUT2D eigenvalue weighted by Gasteiger charge is 2.00. The summed E-state index contributed by atoms with van der Waals surface area (Å²) in [6, 6.07) is 0. The summed E-state index contributed by atoms with van der Waals surface area (Å²) >= 11 is 3.12. The normalized spacial score (nSPS) is 22.9. The van der Waals surface area contributed by atoms with Crippen LogP contribution < -0.4 is 0 Å². The van der Waals surface area contributed by atoms with Crippen molar-refractivity contribution in [3.8, 4) is 0 Å². The molecule has 0 aromatic rings. The molecule has 0 atom stereocenters. The van der Waals surface area contributed by atoms with E-state index in [0.29, 0.717) is 4.48 Å². The summed E-state index contributed by atoms with van der Waals surface area (Å²) in [5.74, 6) is 0. The molecule has 1 heterocycles. The molecule has 0 saturated carbocycles. The van der Waals surface area contributed by atoms with Gasteiger partial charge in [0.25, 0.3) is 0 Å². The van der Waals surface area contributed by atoms with Crippen molar-refractivity contribution in [1.82, 2.24) is 4.90 Å².